The molecule has 2 heterocycles. The Morgan fingerprint density at radius 2 is 1.83 bits per heavy atom. The van der Waals surface area contributed by atoms with Gasteiger partial charge in [-0.3, -0.25) is 9.59 Å². The molecule has 0 aliphatic carbocycles. The Kier molecular flexibility index (Phi) is 4.82. The molecule has 0 aliphatic heterocycles. The van der Waals surface area contributed by atoms with E-state index >= 15 is 0 Å². The van der Waals surface area contributed by atoms with E-state index in [9.17, 15) is 18.4 Å². The summed E-state index contributed by atoms with van der Waals surface area (Å²) in [6.07, 6.45) is 0. The monoisotopic (exact) mass is 363 g/mol. The molecule has 0 aliphatic rings. The number of amides is 1. The number of ketones is 1. The van der Waals surface area contributed by atoms with Crippen LogP contribution in [0.25, 0.3) is 0 Å². The number of rotatable bonds is 5. The van der Waals surface area contributed by atoms with Gasteiger partial charge in [-0.25, -0.2) is 8.78 Å². The van der Waals surface area contributed by atoms with Gasteiger partial charge in [0.15, 0.2) is 11.6 Å². The van der Waals surface area contributed by atoms with Gasteiger partial charge in [-0.1, -0.05) is 0 Å². The van der Waals surface area contributed by atoms with Crippen molar-refractivity contribution in [2.24, 2.45) is 0 Å². The molecule has 7 heteroatoms. The lowest BCUT2D eigenvalue weighted by Gasteiger charge is -2.04. The lowest BCUT2D eigenvalue weighted by Crippen LogP contribution is -2.22. The summed E-state index contributed by atoms with van der Waals surface area (Å²) in [5.74, 6) is -2.63. The number of carbonyl (C=O) groups is 2. The van der Waals surface area contributed by atoms with Gasteiger partial charge in [-0.15, -0.1) is 11.3 Å². The van der Waals surface area contributed by atoms with Gasteiger partial charge in [0.1, 0.15) is 0 Å². The molecule has 3 aromatic rings. The van der Waals surface area contributed by atoms with E-state index in [0.29, 0.717) is 10.4 Å². The van der Waals surface area contributed by atoms with Crippen LogP contribution in [0.4, 0.5) is 8.78 Å². The fourth-order valence-corrected chi connectivity index (χ4v) is 3.58. The van der Waals surface area contributed by atoms with Crippen molar-refractivity contribution in [2.45, 2.75) is 6.54 Å². The van der Waals surface area contributed by atoms with Crippen molar-refractivity contribution in [2.75, 3.05) is 0 Å². The van der Waals surface area contributed by atoms with E-state index in [1.165, 1.54) is 28.7 Å². The lowest BCUT2D eigenvalue weighted by molar-refractivity contribution is 0.0950. The Balaban J connectivity index is 1.64. The van der Waals surface area contributed by atoms with Crippen LogP contribution in [-0.4, -0.2) is 11.7 Å². The molecule has 0 saturated heterocycles. The van der Waals surface area contributed by atoms with E-state index in [4.69, 9.17) is 0 Å². The highest BCUT2D eigenvalue weighted by atomic mass is 32.1. The smallest absolute Gasteiger partial charge is 0.251 e. The lowest BCUT2D eigenvalue weighted by atomic mass is 10.2. The predicted octanol–water partition coefficient (Wildman–Crippen LogP) is 4.25. The molecular weight excluding hydrogens is 352 g/mol. The summed E-state index contributed by atoms with van der Waals surface area (Å²) >= 11 is 2.74. The molecule has 0 spiro atoms. The molecule has 3 rings (SSSR count). The van der Waals surface area contributed by atoms with Crippen molar-refractivity contribution in [1.29, 1.82) is 0 Å². The Morgan fingerprint density at radius 3 is 2.54 bits per heavy atom. The molecule has 1 N–H and O–H groups in total. The third-order valence-electron chi connectivity index (χ3n) is 3.27. The highest BCUT2D eigenvalue weighted by Gasteiger charge is 2.13. The van der Waals surface area contributed by atoms with E-state index in [-0.39, 0.29) is 17.9 Å². The van der Waals surface area contributed by atoms with Crippen LogP contribution in [0.2, 0.25) is 0 Å². The quantitative estimate of drug-likeness (QED) is 0.689. The van der Waals surface area contributed by atoms with Crippen molar-refractivity contribution < 1.29 is 18.4 Å². The van der Waals surface area contributed by atoms with Crippen molar-refractivity contribution in [1.82, 2.24) is 5.32 Å². The Hall–Kier alpha value is -2.38. The van der Waals surface area contributed by atoms with E-state index in [2.05, 4.69) is 5.32 Å². The van der Waals surface area contributed by atoms with Gasteiger partial charge in [0.25, 0.3) is 5.91 Å². The number of thiophene rings is 2. The maximum absolute atomic E-state index is 13.1. The van der Waals surface area contributed by atoms with Crippen LogP contribution >= 0.6 is 22.7 Å². The van der Waals surface area contributed by atoms with Crippen LogP contribution in [0, 0.1) is 11.6 Å². The van der Waals surface area contributed by atoms with Crippen LogP contribution in [0.3, 0.4) is 0 Å². The minimum atomic E-state index is -1.07. The van der Waals surface area contributed by atoms with Crippen LogP contribution in [0.1, 0.15) is 30.5 Å². The second-order valence-corrected chi connectivity index (χ2v) is 6.87. The first-order valence-corrected chi connectivity index (χ1v) is 8.69. The van der Waals surface area contributed by atoms with Gasteiger partial charge >= 0.3 is 0 Å². The van der Waals surface area contributed by atoms with E-state index in [0.717, 1.165) is 17.0 Å². The van der Waals surface area contributed by atoms with E-state index in [1.807, 2.05) is 5.38 Å². The first-order chi connectivity index (χ1) is 11.5. The third kappa shape index (κ3) is 3.58. The topological polar surface area (TPSA) is 46.2 Å². The molecular formula is C17H11F2NO2S2. The highest BCUT2D eigenvalue weighted by molar-refractivity contribution is 7.14. The molecule has 0 unspecified atom stereocenters. The molecule has 1 aromatic carbocycles. The number of hydrogen-bond donors (Lipinski definition) is 1. The summed E-state index contributed by atoms with van der Waals surface area (Å²) in [6.45, 7) is 0.208. The van der Waals surface area contributed by atoms with Gasteiger partial charge in [-0.05, 0) is 41.8 Å². The maximum atomic E-state index is 13.1. The molecule has 3 nitrogen and oxygen atoms in total. The highest BCUT2D eigenvalue weighted by Crippen LogP contribution is 2.21. The summed E-state index contributed by atoms with van der Waals surface area (Å²) in [7, 11) is 0. The normalized spacial score (nSPS) is 10.6. The van der Waals surface area contributed by atoms with Crippen LogP contribution in [0.5, 0.6) is 0 Å². The number of carbonyl (C=O) groups excluding carboxylic acids is 2. The second-order valence-electron chi connectivity index (χ2n) is 4.92. The average molecular weight is 363 g/mol. The zero-order chi connectivity index (χ0) is 17.1. The number of hydrogen-bond acceptors (Lipinski definition) is 4. The fraction of sp³-hybridized carbons (Fsp3) is 0.0588. The Labute approximate surface area is 144 Å². The largest absolute Gasteiger partial charge is 0.347 e. The summed E-state index contributed by atoms with van der Waals surface area (Å²) < 4.78 is 26.0. The molecule has 0 atom stereocenters. The van der Waals surface area contributed by atoms with Crippen molar-refractivity contribution in [3.05, 3.63) is 79.7 Å². The van der Waals surface area contributed by atoms with Gasteiger partial charge in [-0.2, -0.15) is 11.3 Å². The zero-order valence-electron chi connectivity index (χ0n) is 12.2. The molecule has 0 saturated carbocycles. The molecule has 2 aromatic heterocycles. The number of nitrogens with one attached hydrogen (secondary N) is 1. The molecule has 122 valence electrons. The van der Waals surface area contributed by atoms with Crippen molar-refractivity contribution >= 4 is 34.4 Å². The molecule has 1 amide bonds. The third-order valence-corrected chi connectivity index (χ3v) is 5.04. The Morgan fingerprint density at radius 1 is 1.00 bits per heavy atom. The van der Waals surface area contributed by atoms with E-state index < -0.39 is 17.5 Å². The standard InChI is InChI=1S/C17H11F2NO2S2/c18-13-3-1-10(7-14(13)19)17(22)20-8-12-2-4-15(24-12)16(21)11-5-6-23-9-11/h1-7,9H,8H2,(H,20,22). The van der Waals surface area contributed by atoms with Gasteiger partial charge in [0, 0.05) is 21.4 Å². The first-order valence-electron chi connectivity index (χ1n) is 6.93. The average Bonchev–Trinajstić information content (AvgIpc) is 3.26. The van der Waals surface area contributed by atoms with Gasteiger partial charge in [0.05, 0.1) is 11.4 Å². The zero-order valence-corrected chi connectivity index (χ0v) is 13.8. The predicted molar refractivity (Wildman–Crippen MR) is 89.6 cm³/mol. The molecule has 24 heavy (non-hydrogen) atoms. The second kappa shape index (κ2) is 7.02. The SMILES string of the molecule is O=C(NCc1ccc(C(=O)c2ccsc2)s1)c1ccc(F)c(F)c1. The van der Waals surface area contributed by atoms with E-state index in [1.54, 1.807) is 23.6 Å². The summed E-state index contributed by atoms with van der Waals surface area (Å²) in [6, 6.07) is 8.21. The van der Waals surface area contributed by atoms with Crippen LogP contribution < -0.4 is 5.32 Å². The van der Waals surface area contributed by atoms with Crippen LogP contribution in [-0.2, 0) is 6.54 Å². The first kappa shape index (κ1) is 16.5. The summed E-state index contributed by atoms with van der Waals surface area (Å²) in [4.78, 5) is 25.5. The van der Waals surface area contributed by atoms with Crippen LogP contribution in [0.15, 0.2) is 47.2 Å². The molecule has 0 bridgehead atoms. The summed E-state index contributed by atoms with van der Waals surface area (Å²) in [5.41, 5.74) is 0.680. The molecule has 0 radical (unpaired) electrons. The number of halogens is 2. The Bertz CT molecular complexity index is 888. The fourth-order valence-electron chi connectivity index (χ4n) is 2.04. The minimum Gasteiger partial charge on any atom is -0.347 e. The molecule has 0 fully saturated rings. The summed E-state index contributed by atoms with van der Waals surface area (Å²) in [5, 5.41) is 6.24. The van der Waals surface area contributed by atoms with Gasteiger partial charge < -0.3 is 5.32 Å². The van der Waals surface area contributed by atoms with Crippen molar-refractivity contribution in [3.8, 4) is 0 Å². The van der Waals surface area contributed by atoms with Gasteiger partial charge in [0.2, 0.25) is 5.78 Å². The number of benzene rings is 1. The van der Waals surface area contributed by atoms with Crippen molar-refractivity contribution in [3.63, 3.8) is 0 Å². The minimum absolute atomic E-state index is 0.0417. The maximum Gasteiger partial charge on any atom is 0.251 e.